The van der Waals surface area contributed by atoms with Crippen LogP contribution in [0.4, 0.5) is 8.78 Å². The van der Waals surface area contributed by atoms with Crippen LogP contribution in [-0.2, 0) is 15.6 Å². The van der Waals surface area contributed by atoms with E-state index in [9.17, 15) is 17.8 Å². The fourth-order valence-electron chi connectivity index (χ4n) is 5.52. The molecule has 2 aromatic rings. The molecule has 1 amide bonds. The number of benzene rings is 2. The first-order valence-electron chi connectivity index (χ1n) is 13.6. The number of amides is 1. The molecule has 9 heteroatoms. The van der Waals surface area contributed by atoms with E-state index in [1.54, 1.807) is 12.1 Å². The van der Waals surface area contributed by atoms with Crippen molar-refractivity contribution in [1.82, 2.24) is 10.6 Å². The van der Waals surface area contributed by atoms with Gasteiger partial charge in [0, 0.05) is 29.7 Å². The fourth-order valence-corrected chi connectivity index (χ4v) is 6.92. The van der Waals surface area contributed by atoms with E-state index in [-0.39, 0.29) is 35.6 Å². The average Bonchev–Trinajstić information content (AvgIpc) is 3.64. The zero-order chi connectivity index (χ0) is 27.5. The van der Waals surface area contributed by atoms with E-state index in [0.29, 0.717) is 23.8 Å². The van der Waals surface area contributed by atoms with Crippen molar-refractivity contribution in [3.63, 3.8) is 0 Å². The molecule has 5 atom stereocenters. The molecule has 208 valence electrons. The number of hydrogen-bond donors (Lipinski definition) is 2. The van der Waals surface area contributed by atoms with Crippen LogP contribution >= 0.6 is 0 Å². The van der Waals surface area contributed by atoms with Crippen molar-refractivity contribution < 1.29 is 22.5 Å². The van der Waals surface area contributed by atoms with Crippen molar-refractivity contribution in [1.29, 1.82) is 0 Å². The van der Waals surface area contributed by atoms with Gasteiger partial charge in [-0.1, -0.05) is 43.3 Å². The van der Waals surface area contributed by atoms with Crippen LogP contribution < -0.4 is 15.4 Å². The average molecular weight is 556 g/mol. The Labute approximate surface area is 230 Å². The largest absolute Gasteiger partial charge is 0.434 e. The molecule has 1 aliphatic heterocycles. The molecule has 39 heavy (non-hydrogen) atoms. The zero-order valence-corrected chi connectivity index (χ0v) is 23.1. The standard InChI is InChI=1S/C30H35F2N3O3S/c1-3-20-14-26-27(15-24(20)23-6-4-5-7-28(23)38-30(31)32)35-29(34-26)25(16-33-18(2)36)21-10-12-22(13-11-21)39(37)17-19-8-9-19/h4-7,10-13,15,19-20,25-27,30H,3,8-9,14,16-17H2,1-2H3,(H,33,36)(H,34,35). The number of aliphatic imine (C=N–C) groups is 1. The summed E-state index contributed by atoms with van der Waals surface area (Å²) in [5.41, 5.74) is 2.63. The summed E-state index contributed by atoms with van der Waals surface area (Å²) in [6.07, 6.45) is 6.06. The van der Waals surface area contributed by atoms with Crippen molar-refractivity contribution in [2.45, 2.75) is 69.0 Å². The molecule has 1 heterocycles. The Hall–Kier alpha value is -3.07. The van der Waals surface area contributed by atoms with Gasteiger partial charge in [0.05, 0.1) is 28.8 Å². The Kier molecular flexibility index (Phi) is 8.45. The van der Waals surface area contributed by atoms with Crippen molar-refractivity contribution in [2.24, 2.45) is 16.8 Å². The second-order valence-electron chi connectivity index (χ2n) is 10.6. The number of ether oxygens (including phenoxy) is 1. The number of nitrogens with zero attached hydrogens (tertiary/aromatic N) is 1. The second kappa shape index (κ2) is 12.0. The lowest BCUT2D eigenvalue weighted by molar-refractivity contribution is -0.118. The molecule has 0 saturated heterocycles. The Balaban J connectivity index is 1.42. The van der Waals surface area contributed by atoms with Crippen molar-refractivity contribution >= 4 is 28.1 Å². The third-order valence-corrected chi connectivity index (χ3v) is 9.36. The lowest BCUT2D eigenvalue weighted by atomic mass is 9.78. The first-order chi connectivity index (χ1) is 18.8. The predicted molar refractivity (Wildman–Crippen MR) is 149 cm³/mol. The zero-order valence-electron chi connectivity index (χ0n) is 22.2. The molecule has 5 rings (SSSR count). The van der Waals surface area contributed by atoms with E-state index in [4.69, 9.17) is 9.73 Å². The smallest absolute Gasteiger partial charge is 0.387 e. The Morgan fingerprint density at radius 2 is 1.92 bits per heavy atom. The molecule has 2 aromatic carbocycles. The Morgan fingerprint density at radius 3 is 2.59 bits per heavy atom. The highest BCUT2D eigenvalue weighted by atomic mass is 32.2. The maximum Gasteiger partial charge on any atom is 0.387 e. The highest BCUT2D eigenvalue weighted by Crippen LogP contribution is 2.41. The fraction of sp³-hybridized carbons (Fsp3) is 0.467. The molecule has 0 spiro atoms. The number of allylic oxidation sites excluding steroid dienone is 1. The number of alkyl halides is 2. The molecule has 3 aliphatic rings. The Bertz CT molecular complexity index is 1280. The maximum absolute atomic E-state index is 13.1. The molecule has 2 N–H and O–H groups in total. The molecule has 6 nitrogen and oxygen atoms in total. The monoisotopic (exact) mass is 555 g/mol. The van der Waals surface area contributed by atoms with Crippen LogP contribution in [0.2, 0.25) is 0 Å². The molecule has 0 radical (unpaired) electrons. The van der Waals surface area contributed by atoms with E-state index in [1.165, 1.54) is 6.92 Å². The van der Waals surface area contributed by atoms with Gasteiger partial charge in [0.15, 0.2) is 0 Å². The van der Waals surface area contributed by atoms with Gasteiger partial charge in [0.25, 0.3) is 0 Å². The highest BCUT2D eigenvalue weighted by Gasteiger charge is 2.38. The first kappa shape index (κ1) is 27.5. The highest BCUT2D eigenvalue weighted by molar-refractivity contribution is 7.85. The summed E-state index contributed by atoms with van der Waals surface area (Å²) in [6.45, 7) is 1.07. The molecular formula is C30H35F2N3O3S. The third kappa shape index (κ3) is 6.57. The minimum Gasteiger partial charge on any atom is -0.434 e. The van der Waals surface area contributed by atoms with E-state index < -0.39 is 17.4 Å². The van der Waals surface area contributed by atoms with Crippen LogP contribution in [0, 0.1) is 11.8 Å². The van der Waals surface area contributed by atoms with Gasteiger partial charge in [0.2, 0.25) is 5.91 Å². The molecule has 2 aliphatic carbocycles. The number of carbonyl (C=O) groups is 1. The summed E-state index contributed by atoms with van der Waals surface area (Å²) in [5, 5.41) is 6.54. The molecule has 0 aromatic heterocycles. The van der Waals surface area contributed by atoms with Gasteiger partial charge in [-0.05, 0) is 66.9 Å². The van der Waals surface area contributed by atoms with E-state index >= 15 is 0 Å². The summed E-state index contributed by atoms with van der Waals surface area (Å²) in [6, 6.07) is 14.6. The van der Waals surface area contributed by atoms with E-state index in [2.05, 4.69) is 23.6 Å². The number of fused-ring (bicyclic) bond motifs is 1. The molecular weight excluding hydrogens is 520 g/mol. The molecule has 1 fully saturated rings. The lowest BCUT2D eigenvalue weighted by Gasteiger charge is -2.31. The maximum atomic E-state index is 13.1. The van der Waals surface area contributed by atoms with Gasteiger partial charge in [0.1, 0.15) is 11.6 Å². The quantitative estimate of drug-likeness (QED) is 0.396. The van der Waals surface area contributed by atoms with Crippen molar-refractivity contribution in [3.05, 3.63) is 65.7 Å². The van der Waals surface area contributed by atoms with Crippen LogP contribution in [0.25, 0.3) is 5.57 Å². The number of carbonyl (C=O) groups excluding carboxylic acids is 1. The minimum absolute atomic E-state index is 0.0713. The summed E-state index contributed by atoms with van der Waals surface area (Å²) in [4.78, 5) is 17.7. The van der Waals surface area contributed by atoms with Gasteiger partial charge in [-0.2, -0.15) is 8.78 Å². The van der Waals surface area contributed by atoms with Crippen molar-refractivity contribution in [2.75, 3.05) is 12.3 Å². The number of para-hydroxylation sites is 1. The van der Waals surface area contributed by atoms with E-state index in [0.717, 1.165) is 47.6 Å². The van der Waals surface area contributed by atoms with Crippen LogP contribution in [0.15, 0.2) is 64.5 Å². The van der Waals surface area contributed by atoms with E-state index in [1.807, 2.05) is 36.4 Å². The van der Waals surface area contributed by atoms with Gasteiger partial charge < -0.3 is 15.4 Å². The van der Waals surface area contributed by atoms with Crippen molar-refractivity contribution in [3.8, 4) is 5.75 Å². The van der Waals surface area contributed by atoms with Gasteiger partial charge in [-0.25, -0.2) is 0 Å². The third-order valence-electron chi connectivity index (χ3n) is 7.78. The summed E-state index contributed by atoms with van der Waals surface area (Å²) >= 11 is 0. The van der Waals surface area contributed by atoms with Gasteiger partial charge in [-0.15, -0.1) is 0 Å². The summed E-state index contributed by atoms with van der Waals surface area (Å²) in [5.74, 6) is 2.09. The van der Waals surface area contributed by atoms with Crippen LogP contribution in [-0.4, -0.2) is 46.9 Å². The van der Waals surface area contributed by atoms with Crippen LogP contribution in [0.1, 0.15) is 56.6 Å². The summed E-state index contributed by atoms with van der Waals surface area (Å²) < 4.78 is 43.7. The number of halogens is 2. The number of hydrogen-bond acceptors (Lipinski definition) is 5. The topological polar surface area (TPSA) is 79.8 Å². The van der Waals surface area contributed by atoms with Gasteiger partial charge >= 0.3 is 6.61 Å². The number of nitrogens with one attached hydrogen (secondary N) is 2. The Morgan fingerprint density at radius 1 is 1.18 bits per heavy atom. The molecule has 0 bridgehead atoms. The minimum atomic E-state index is -2.90. The molecule has 1 saturated carbocycles. The normalized spacial score (nSPS) is 23.8. The summed E-state index contributed by atoms with van der Waals surface area (Å²) in [7, 11) is -1.01. The SMILES string of the molecule is CCC1CC2NC(C(CNC(C)=O)c3ccc(S(=O)CC4CC4)cc3)=NC2C=C1c1ccccc1OC(F)F. The lowest BCUT2D eigenvalue weighted by Crippen LogP contribution is -2.42. The first-order valence-corrected chi connectivity index (χ1v) is 15.0. The van der Waals surface area contributed by atoms with Crippen LogP contribution in [0.3, 0.4) is 0 Å². The molecule has 5 unspecified atom stereocenters. The second-order valence-corrected chi connectivity index (χ2v) is 12.1. The number of amidine groups is 1. The predicted octanol–water partition coefficient (Wildman–Crippen LogP) is 5.28. The number of rotatable bonds is 11. The van der Waals surface area contributed by atoms with Gasteiger partial charge in [-0.3, -0.25) is 14.0 Å². The van der Waals surface area contributed by atoms with Crippen LogP contribution in [0.5, 0.6) is 5.75 Å².